The number of hydrogen-bond acceptors (Lipinski definition) is 4. The molecule has 0 amide bonds. The minimum absolute atomic E-state index is 0.0225. The Hall–Kier alpha value is -1.95. The molecule has 92 valence electrons. The van der Waals surface area contributed by atoms with Gasteiger partial charge in [-0.1, -0.05) is 15.9 Å². The zero-order chi connectivity index (χ0) is 13.1. The average Bonchev–Trinajstić information content (AvgIpc) is 2.34. The van der Waals surface area contributed by atoms with E-state index in [9.17, 15) is 4.79 Å². The van der Waals surface area contributed by atoms with E-state index in [4.69, 9.17) is 9.84 Å². The van der Waals surface area contributed by atoms with E-state index in [2.05, 4.69) is 25.9 Å². The molecule has 0 atom stereocenters. The number of carboxylic acid groups (broad SMARTS) is 1. The van der Waals surface area contributed by atoms with E-state index in [0.717, 1.165) is 10.0 Å². The van der Waals surface area contributed by atoms with Gasteiger partial charge in [-0.25, -0.2) is 14.8 Å². The first-order valence-electron chi connectivity index (χ1n) is 5.05. The molecular weight excluding hydrogens is 300 g/mol. The van der Waals surface area contributed by atoms with Gasteiger partial charge in [-0.05, 0) is 30.7 Å². The van der Waals surface area contributed by atoms with Gasteiger partial charge in [0, 0.05) is 16.9 Å². The van der Waals surface area contributed by atoms with E-state index in [1.165, 1.54) is 12.4 Å². The third-order valence-electron chi connectivity index (χ3n) is 2.21. The van der Waals surface area contributed by atoms with Crippen LogP contribution in [0.2, 0.25) is 0 Å². The van der Waals surface area contributed by atoms with E-state index in [1.807, 2.05) is 19.1 Å². The van der Waals surface area contributed by atoms with Gasteiger partial charge in [0.15, 0.2) is 0 Å². The first-order valence-corrected chi connectivity index (χ1v) is 5.85. The summed E-state index contributed by atoms with van der Waals surface area (Å²) in [6.07, 6.45) is 2.41. The molecule has 0 spiro atoms. The van der Waals surface area contributed by atoms with Crippen LogP contribution in [0.4, 0.5) is 0 Å². The van der Waals surface area contributed by atoms with Crippen LogP contribution >= 0.6 is 15.9 Å². The number of rotatable bonds is 3. The molecule has 1 aromatic heterocycles. The third-order valence-corrected chi connectivity index (χ3v) is 3.10. The molecule has 0 unspecified atom stereocenters. The fourth-order valence-corrected chi connectivity index (χ4v) is 1.51. The lowest BCUT2D eigenvalue weighted by atomic mass is 10.2. The summed E-state index contributed by atoms with van der Waals surface area (Å²) in [6.45, 7) is 1.94. The minimum Gasteiger partial charge on any atom is -0.478 e. The zero-order valence-electron chi connectivity index (χ0n) is 9.42. The molecule has 2 rings (SSSR count). The summed E-state index contributed by atoms with van der Waals surface area (Å²) < 4.78 is 6.40. The van der Waals surface area contributed by atoms with E-state index >= 15 is 0 Å². The summed E-state index contributed by atoms with van der Waals surface area (Å²) in [4.78, 5) is 18.3. The van der Waals surface area contributed by atoms with Gasteiger partial charge in [0.05, 0.1) is 5.56 Å². The van der Waals surface area contributed by atoms with Crippen LogP contribution in [0.5, 0.6) is 11.8 Å². The number of nitrogens with zero attached hydrogens (tertiary/aromatic N) is 2. The van der Waals surface area contributed by atoms with Crippen molar-refractivity contribution in [1.82, 2.24) is 9.97 Å². The molecule has 0 saturated carbocycles. The zero-order valence-corrected chi connectivity index (χ0v) is 11.0. The van der Waals surface area contributed by atoms with Crippen molar-refractivity contribution < 1.29 is 14.6 Å². The molecule has 0 fully saturated rings. The van der Waals surface area contributed by atoms with Gasteiger partial charge in [-0.2, -0.15) is 0 Å². The van der Waals surface area contributed by atoms with Crippen LogP contribution in [0.1, 0.15) is 15.9 Å². The second kappa shape index (κ2) is 5.14. The quantitative estimate of drug-likeness (QED) is 0.943. The van der Waals surface area contributed by atoms with Crippen LogP contribution in [-0.4, -0.2) is 21.0 Å². The largest absolute Gasteiger partial charge is 0.478 e. The summed E-state index contributed by atoms with van der Waals surface area (Å²) in [5, 5.41) is 8.71. The molecule has 5 nitrogen and oxygen atoms in total. The molecule has 1 N–H and O–H groups in total. The Morgan fingerprint density at radius 2 is 2.00 bits per heavy atom. The maximum absolute atomic E-state index is 10.6. The van der Waals surface area contributed by atoms with Crippen molar-refractivity contribution in [2.75, 3.05) is 0 Å². The number of aromatic carboxylic acids is 1. The third kappa shape index (κ3) is 2.84. The van der Waals surface area contributed by atoms with Gasteiger partial charge in [0.2, 0.25) is 0 Å². The molecular formula is C12H9BrN2O3. The van der Waals surface area contributed by atoms with Crippen LogP contribution in [0.25, 0.3) is 0 Å². The lowest BCUT2D eigenvalue weighted by molar-refractivity contribution is 0.0696. The molecule has 0 aliphatic rings. The van der Waals surface area contributed by atoms with Crippen molar-refractivity contribution in [1.29, 1.82) is 0 Å². The number of benzene rings is 1. The Bertz CT molecular complexity index is 584. The second-order valence-electron chi connectivity index (χ2n) is 3.57. The first-order chi connectivity index (χ1) is 8.56. The Kier molecular flexibility index (Phi) is 3.57. The minimum atomic E-state index is -1.07. The van der Waals surface area contributed by atoms with E-state index in [-0.39, 0.29) is 11.6 Å². The van der Waals surface area contributed by atoms with Crippen molar-refractivity contribution >= 4 is 21.9 Å². The Labute approximate surface area is 112 Å². The number of carboxylic acids is 1. The molecule has 6 heteroatoms. The van der Waals surface area contributed by atoms with E-state index < -0.39 is 5.97 Å². The maximum Gasteiger partial charge on any atom is 0.338 e. The van der Waals surface area contributed by atoms with E-state index in [0.29, 0.717) is 5.75 Å². The SMILES string of the molecule is Cc1cc(Oc2ncc(C(=O)O)cn2)ccc1Br. The molecule has 0 bridgehead atoms. The topological polar surface area (TPSA) is 72.3 Å². The summed E-state index contributed by atoms with van der Waals surface area (Å²) in [6, 6.07) is 5.57. The van der Waals surface area contributed by atoms with E-state index in [1.54, 1.807) is 6.07 Å². The van der Waals surface area contributed by atoms with Gasteiger partial charge < -0.3 is 9.84 Å². The Morgan fingerprint density at radius 3 is 2.56 bits per heavy atom. The molecule has 0 aliphatic carbocycles. The smallest absolute Gasteiger partial charge is 0.338 e. The van der Waals surface area contributed by atoms with Crippen molar-refractivity contribution in [3.05, 3.63) is 46.2 Å². The molecule has 1 aromatic carbocycles. The normalized spacial score (nSPS) is 10.1. The summed E-state index contributed by atoms with van der Waals surface area (Å²) in [5.74, 6) is -0.472. The highest BCUT2D eigenvalue weighted by molar-refractivity contribution is 9.10. The van der Waals surface area contributed by atoms with Crippen LogP contribution in [0.15, 0.2) is 35.1 Å². The molecule has 18 heavy (non-hydrogen) atoms. The maximum atomic E-state index is 10.6. The average molecular weight is 309 g/mol. The predicted octanol–water partition coefficient (Wildman–Crippen LogP) is 3.04. The van der Waals surface area contributed by atoms with Gasteiger partial charge in [0.25, 0.3) is 0 Å². The number of aryl methyl sites for hydroxylation is 1. The van der Waals surface area contributed by atoms with Gasteiger partial charge in [-0.3, -0.25) is 0 Å². The molecule has 2 aromatic rings. The van der Waals surface area contributed by atoms with Crippen molar-refractivity contribution in [2.24, 2.45) is 0 Å². The van der Waals surface area contributed by atoms with Gasteiger partial charge >= 0.3 is 12.0 Å². The van der Waals surface area contributed by atoms with Crippen LogP contribution in [-0.2, 0) is 0 Å². The summed E-state index contributed by atoms with van der Waals surface area (Å²) in [5.41, 5.74) is 1.05. The standard InChI is InChI=1S/C12H9BrN2O3/c1-7-4-9(2-3-10(7)13)18-12-14-5-8(6-15-12)11(16)17/h2-6H,1H3,(H,16,17). The fourth-order valence-electron chi connectivity index (χ4n) is 1.27. The molecule has 1 heterocycles. The number of halogens is 1. The lowest BCUT2D eigenvalue weighted by Gasteiger charge is -2.05. The second-order valence-corrected chi connectivity index (χ2v) is 4.43. The van der Waals surface area contributed by atoms with Crippen LogP contribution in [0, 0.1) is 6.92 Å². The van der Waals surface area contributed by atoms with Crippen LogP contribution in [0.3, 0.4) is 0 Å². The Morgan fingerprint density at radius 1 is 1.33 bits per heavy atom. The lowest BCUT2D eigenvalue weighted by Crippen LogP contribution is -1.99. The highest BCUT2D eigenvalue weighted by Crippen LogP contribution is 2.24. The van der Waals surface area contributed by atoms with Gasteiger partial charge in [-0.15, -0.1) is 0 Å². The van der Waals surface area contributed by atoms with Crippen molar-refractivity contribution in [3.63, 3.8) is 0 Å². The number of carbonyl (C=O) groups is 1. The fraction of sp³-hybridized carbons (Fsp3) is 0.0833. The molecule has 0 aliphatic heterocycles. The highest BCUT2D eigenvalue weighted by atomic mass is 79.9. The number of aromatic nitrogens is 2. The number of hydrogen-bond donors (Lipinski definition) is 1. The molecule has 0 saturated heterocycles. The van der Waals surface area contributed by atoms with Crippen molar-refractivity contribution in [3.8, 4) is 11.8 Å². The Balaban J connectivity index is 2.18. The monoisotopic (exact) mass is 308 g/mol. The summed E-state index contributed by atoms with van der Waals surface area (Å²) in [7, 11) is 0. The molecule has 0 radical (unpaired) electrons. The first kappa shape index (κ1) is 12.5. The van der Waals surface area contributed by atoms with Crippen LogP contribution < -0.4 is 4.74 Å². The highest BCUT2D eigenvalue weighted by Gasteiger charge is 2.06. The predicted molar refractivity (Wildman–Crippen MR) is 67.9 cm³/mol. The van der Waals surface area contributed by atoms with Gasteiger partial charge in [0.1, 0.15) is 5.75 Å². The van der Waals surface area contributed by atoms with Crippen molar-refractivity contribution in [2.45, 2.75) is 6.92 Å². The summed E-state index contributed by atoms with van der Waals surface area (Å²) >= 11 is 3.39. The number of ether oxygens (including phenoxy) is 1.